The van der Waals surface area contributed by atoms with E-state index in [2.05, 4.69) is 148 Å². The Morgan fingerprint density at radius 2 is 0.760 bits per heavy atom. The second kappa shape index (κ2) is 54.9. The van der Waals surface area contributed by atoms with Crippen molar-refractivity contribution in [3.8, 4) is 0 Å². The Balaban J connectivity index is 4.12. The van der Waals surface area contributed by atoms with Crippen molar-refractivity contribution in [1.82, 2.24) is 0 Å². The van der Waals surface area contributed by atoms with Gasteiger partial charge in [-0.15, -0.1) is 0 Å². The van der Waals surface area contributed by atoms with Crippen molar-refractivity contribution >= 4 is 19.8 Å². The van der Waals surface area contributed by atoms with E-state index in [1.165, 1.54) is 51.4 Å². The summed E-state index contributed by atoms with van der Waals surface area (Å²) in [6.45, 7) is 4.25. The van der Waals surface area contributed by atoms with Gasteiger partial charge in [-0.05, 0) is 116 Å². The van der Waals surface area contributed by atoms with Crippen LogP contribution in [0.15, 0.2) is 134 Å². The standard InChI is InChI=1S/C65H108NO8P/c1-6-8-10-12-14-16-18-20-21-22-23-24-25-26-27-28-29-30-31-32-33-34-35-36-37-38-39-40-41-42-43-44-45-46-48-50-52-54-56-58-65(68)74-63(62-73-75(69,70)72-60-59-66(3,4)5)61-71-64(67)57-55-53-51-49-47-19-17-15-13-11-9-7-2/h8,10,14-17,20-21,23-24,26-27,29-30,32-33,35-36,38-39,41-42,63H,6-7,9,11-13,18-19,22,25,28,31,34,37,40,43-62H2,1-5H3/p+1/b10-8-,16-14-,17-15-,21-20-,24-23-,27-26-,30-29-,33-32-,36-35-,39-38-,42-41-. The van der Waals surface area contributed by atoms with Crippen LogP contribution in [0.1, 0.15) is 213 Å². The first-order valence-corrected chi connectivity index (χ1v) is 30.9. The first-order valence-electron chi connectivity index (χ1n) is 29.4. The third kappa shape index (κ3) is 59.3. The Hall–Kier alpha value is -3.85. The molecule has 0 fully saturated rings. The van der Waals surface area contributed by atoms with Gasteiger partial charge in [0, 0.05) is 12.8 Å². The van der Waals surface area contributed by atoms with Crippen LogP contribution in [-0.4, -0.2) is 74.9 Å². The average Bonchev–Trinajstić information content (AvgIpc) is 3.37. The molecule has 1 N–H and O–H groups in total. The molecule has 426 valence electrons. The molecule has 10 heteroatoms. The molecule has 0 heterocycles. The lowest BCUT2D eigenvalue weighted by molar-refractivity contribution is -0.870. The molecule has 0 radical (unpaired) electrons. The highest BCUT2D eigenvalue weighted by Crippen LogP contribution is 2.43. The molecule has 9 nitrogen and oxygen atoms in total. The van der Waals surface area contributed by atoms with Gasteiger partial charge in [0.1, 0.15) is 19.8 Å². The third-order valence-corrected chi connectivity index (χ3v) is 12.9. The second-order valence-corrected chi connectivity index (χ2v) is 21.7. The molecular weight excluding hydrogens is 954 g/mol. The molecule has 0 aliphatic heterocycles. The fourth-order valence-corrected chi connectivity index (χ4v) is 8.13. The van der Waals surface area contributed by atoms with Gasteiger partial charge in [-0.1, -0.05) is 218 Å². The van der Waals surface area contributed by atoms with Crippen molar-refractivity contribution in [2.45, 2.75) is 219 Å². The fourth-order valence-electron chi connectivity index (χ4n) is 7.39. The fraction of sp³-hybridized carbons (Fsp3) is 0.631. The Morgan fingerprint density at radius 3 is 1.15 bits per heavy atom. The van der Waals surface area contributed by atoms with Crippen LogP contribution in [0.2, 0.25) is 0 Å². The van der Waals surface area contributed by atoms with Gasteiger partial charge in [0.25, 0.3) is 0 Å². The molecule has 0 aliphatic carbocycles. The van der Waals surface area contributed by atoms with Crippen molar-refractivity contribution in [1.29, 1.82) is 0 Å². The van der Waals surface area contributed by atoms with Crippen LogP contribution in [0.3, 0.4) is 0 Å². The summed E-state index contributed by atoms with van der Waals surface area (Å²) < 4.78 is 34.4. The maximum atomic E-state index is 12.8. The number of ether oxygens (including phenoxy) is 2. The molecule has 75 heavy (non-hydrogen) atoms. The lowest BCUT2D eigenvalue weighted by Crippen LogP contribution is -2.37. The summed E-state index contributed by atoms with van der Waals surface area (Å²) in [5.41, 5.74) is 0. The summed E-state index contributed by atoms with van der Waals surface area (Å²) in [4.78, 5) is 35.6. The van der Waals surface area contributed by atoms with Gasteiger partial charge in [0.05, 0.1) is 27.7 Å². The minimum absolute atomic E-state index is 0.0224. The van der Waals surface area contributed by atoms with Gasteiger partial charge < -0.3 is 18.9 Å². The normalized spacial score (nSPS) is 14.3. The number of carbonyl (C=O) groups excluding carboxylic acids is 2. The lowest BCUT2D eigenvalue weighted by Gasteiger charge is -2.24. The average molecular weight is 1060 g/mol. The molecule has 0 amide bonds. The van der Waals surface area contributed by atoms with Crippen LogP contribution < -0.4 is 0 Å². The molecule has 2 unspecified atom stereocenters. The predicted octanol–water partition coefficient (Wildman–Crippen LogP) is 18.5. The van der Waals surface area contributed by atoms with Gasteiger partial charge in [-0.3, -0.25) is 18.6 Å². The van der Waals surface area contributed by atoms with E-state index < -0.39 is 26.5 Å². The summed E-state index contributed by atoms with van der Waals surface area (Å²) in [6.07, 6.45) is 79.6. The van der Waals surface area contributed by atoms with Crippen LogP contribution in [0, 0.1) is 0 Å². The van der Waals surface area contributed by atoms with Gasteiger partial charge >= 0.3 is 19.8 Å². The number of quaternary nitrogens is 1. The molecule has 0 aromatic heterocycles. The number of esters is 2. The maximum Gasteiger partial charge on any atom is 0.472 e. The van der Waals surface area contributed by atoms with E-state index in [-0.39, 0.29) is 32.0 Å². The molecule has 0 spiro atoms. The van der Waals surface area contributed by atoms with Crippen molar-refractivity contribution in [3.05, 3.63) is 134 Å². The van der Waals surface area contributed by atoms with Crippen LogP contribution in [0.4, 0.5) is 0 Å². The molecule has 0 bridgehead atoms. The number of allylic oxidation sites excluding steroid dienone is 22. The largest absolute Gasteiger partial charge is 0.472 e. The molecule has 0 aliphatic rings. The molecule has 0 saturated heterocycles. The number of nitrogens with zero attached hydrogens (tertiary/aromatic N) is 1. The molecule has 0 rings (SSSR count). The Labute approximate surface area is 460 Å². The minimum Gasteiger partial charge on any atom is -0.462 e. The lowest BCUT2D eigenvalue weighted by atomic mass is 10.1. The second-order valence-electron chi connectivity index (χ2n) is 20.3. The van der Waals surface area contributed by atoms with E-state index in [0.29, 0.717) is 17.4 Å². The number of rotatable bonds is 52. The number of unbranched alkanes of at least 4 members (excludes halogenated alkanes) is 16. The van der Waals surface area contributed by atoms with Crippen molar-refractivity contribution in [2.24, 2.45) is 0 Å². The van der Waals surface area contributed by atoms with E-state index in [1.807, 2.05) is 21.1 Å². The predicted molar refractivity (Wildman–Crippen MR) is 320 cm³/mol. The zero-order valence-corrected chi connectivity index (χ0v) is 49.1. The first kappa shape index (κ1) is 71.2. The first-order chi connectivity index (χ1) is 36.5. The topological polar surface area (TPSA) is 108 Å². The molecule has 0 aromatic carbocycles. The van der Waals surface area contributed by atoms with Crippen molar-refractivity contribution in [2.75, 3.05) is 47.5 Å². The molecule has 2 atom stereocenters. The summed E-state index contributed by atoms with van der Waals surface area (Å²) in [5, 5.41) is 0. The van der Waals surface area contributed by atoms with Crippen LogP contribution in [0.25, 0.3) is 0 Å². The number of likely N-dealkylation sites (N-methyl/N-ethyl adjacent to an activating group) is 1. The smallest absolute Gasteiger partial charge is 0.462 e. The van der Waals surface area contributed by atoms with Crippen LogP contribution >= 0.6 is 7.82 Å². The number of hydrogen-bond donors (Lipinski definition) is 1. The van der Waals surface area contributed by atoms with Gasteiger partial charge in [-0.2, -0.15) is 0 Å². The minimum atomic E-state index is -4.39. The van der Waals surface area contributed by atoms with Crippen LogP contribution in [-0.2, 0) is 32.7 Å². The third-order valence-electron chi connectivity index (χ3n) is 11.9. The number of phosphoric ester groups is 1. The van der Waals surface area contributed by atoms with Crippen LogP contribution in [0.5, 0.6) is 0 Å². The van der Waals surface area contributed by atoms with Crippen molar-refractivity contribution < 1.29 is 42.1 Å². The summed E-state index contributed by atoms with van der Waals surface area (Å²) in [7, 11) is 1.45. The van der Waals surface area contributed by atoms with E-state index in [9.17, 15) is 19.0 Å². The van der Waals surface area contributed by atoms with E-state index in [1.54, 1.807) is 0 Å². The maximum absolute atomic E-state index is 12.8. The quantitative estimate of drug-likeness (QED) is 0.0211. The van der Waals surface area contributed by atoms with E-state index in [0.717, 1.165) is 128 Å². The van der Waals surface area contributed by atoms with E-state index in [4.69, 9.17) is 18.5 Å². The number of phosphoric acid groups is 1. The Kier molecular flexibility index (Phi) is 52.1. The summed E-state index contributed by atoms with van der Waals surface area (Å²) in [5.74, 6) is -0.827. The number of carbonyl (C=O) groups is 2. The number of hydrogen-bond acceptors (Lipinski definition) is 7. The monoisotopic (exact) mass is 1060 g/mol. The highest BCUT2D eigenvalue weighted by molar-refractivity contribution is 7.47. The highest BCUT2D eigenvalue weighted by atomic mass is 31.2. The highest BCUT2D eigenvalue weighted by Gasteiger charge is 2.27. The van der Waals surface area contributed by atoms with E-state index >= 15 is 0 Å². The van der Waals surface area contributed by atoms with Gasteiger partial charge in [0.2, 0.25) is 0 Å². The van der Waals surface area contributed by atoms with Crippen molar-refractivity contribution in [3.63, 3.8) is 0 Å². The summed E-state index contributed by atoms with van der Waals surface area (Å²) in [6, 6.07) is 0. The Bertz CT molecular complexity index is 1730. The van der Waals surface area contributed by atoms with Gasteiger partial charge in [-0.25, -0.2) is 4.57 Å². The molecule has 0 saturated carbocycles. The zero-order valence-electron chi connectivity index (χ0n) is 48.2. The molecule has 0 aromatic rings. The molecular formula is C65H109NO8P+. The SMILES string of the molecule is CC/C=C\C/C=C\C/C=C\C/C=C\C/C=C\C/C=C\C/C=C\C/C=C\C/C=C\C/C=C\CCCCCCCCCCC(=O)OC(COC(=O)CCCCCCC/C=C\CCCCC)COP(=O)(O)OCC[N+](C)(C)C. The summed E-state index contributed by atoms with van der Waals surface area (Å²) >= 11 is 0. The zero-order chi connectivity index (χ0) is 54.9. The van der Waals surface area contributed by atoms with Gasteiger partial charge in [0.15, 0.2) is 6.10 Å². The Morgan fingerprint density at radius 1 is 0.427 bits per heavy atom.